The van der Waals surface area contributed by atoms with Gasteiger partial charge in [-0.1, -0.05) is 23.9 Å². The van der Waals surface area contributed by atoms with Crippen LogP contribution in [0.1, 0.15) is 5.56 Å². The Labute approximate surface area is 97.1 Å². The van der Waals surface area contributed by atoms with Crippen LogP contribution in [0.15, 0.2) is 29.3 Å². The number of hydrogen-bond donors (Lipinski definition) is 1. The molecule has 1 aliphatic heterocycles. The minimum absolute atomic E-state index is 0.125. The number of nitro groups is 1. The molecule has 1 aromatic carbocycles. The summed E-state index contributed by atoms with van der Waals surface area (Å²) < 4.78 is 0. The number of hydrogen-bond acceptors (Lipinski definition) is 5. The third kappa shape index (κ3) is 2.73. The molecule has 0 saturated carbocycles. The van der Waals surface area contributed by atoms with Crippen LogP contribution in [0.3, 0.4) is 0 Å². The Morgan fingerprint density at radius 3 is 3.12 bits per heavy atom. The Balaban J connectivity index is 1.98. The first-order valence-electron chi connectivity index (χ1n) is 4.90. The molecule has 2 rings (SSSR count). The lowest BCUT2D eigenvalue weighted by Gasteiger charge is -2.04. The quantitative estimate of drug-likeness (QED) is 0.642. The van der Waals surface area contributed by atoms with Crippen molar-refractivity contribution in [2.75, 3.05) is 12.3 Å². The molecule has 0 fully saturated rings. The lowest BCUT2D eigenvalue weighted by atomic mass is 10.2. The van der Waals surface area contributed by atoms with Gasteiger partial charge in [0.25, 0.3) is 5.69 Å². The largest absolute Gasteiger partial charge is 0.361 e. The molecule has 5 nitrogen and oxygen atoms in total. The zero-order valence-electron chi connectivity index (χ0n) is 8.55. The van der Waals surface area contributed by atoms with E-state index in [1.165, 1.54) is 6.07 Å². The Morgan fingerprint density at radius 2 is 2.44 bits per heavy atom. The SMILES string of the molecule is O=[N+]([O-])c1cccc(CNC2=NCCS2)c1. The lowest BCUT2D eigenvalue weighted by molar-refractivity contribution is -0.384. The number of rotatable bonds is 3. The average molecular weight is 237 g/mol. The van der Waals surface area contributed by atoms with Gasteiger partial charge in [0.05, 0.1) is 11.5 Å². The van der Waals surface area contributed by atoms with E-state index in [0.29, 0.717) is 6.54 Å². The molecule has 0 aliphatic carbocycles. The van der Waals surface area contributed by atoms with Gasteiger partial charge < -0.3 is 5.32 Å². The minimum Gasteiger partial charge on any atom is -0.361 e. The Bertz CT molecular complexity index is 434. The monoisotopic (exact) mass is 237 g/mol. The van der Waals surface area contributed by atoms with Crippen molar-refractivity contribution in [3.63, 3.8) is 0 Å². The van der Waals surface area contributed by atoms with Crippen LogP contribution in [-0.4, -0.2) is 22.4 Å². The summed E-state index contributed by atoms with van der Waals surface area (Å²) in [4.78, 5) is 14.4. The molecule has 84 valence electrons. The van der Waals surface area contributed by atoms with Crippen molar-refractivity contribution in [2.45, 2.75) is 6.54 Å². The normalized spacial score (nSPS) is 14.6. The summed E-state index contributed by atoms with van der Waals surface area (Å²) in [5.74, 6) is 1.01. The van der Waals surface area contributed by atoms with Crippen LogP contribution in [0.5, 0.6) is 0 Å². The molecule has 0 radical (unpaired) electrons. The molecule has 1 N–H and O–H groups in total. The predicted octanol–water partition coefficient (Wildman–Crippen LogP) is 1.79. The van der Waals surface area contributed by atoms with Crippen LogP contribution in [-0.2, 0) is 6.54 Å². The first-order chi connectivity index (χ1) is 7.75. The van der Waals surface area contributed by atoms with Gasteiger partial charge in [0.2, 0.25) is 0 Å². The fourth-order valence-corrected chi connectivity index (χ4v) is 2.13. The fraction of sp³-hybridized carbons (Fsp3) is 0.300. The number of thioether (sulfide) groups is 1. The molecule has 6 heteroatoms. The van der Waals surface area contributed by atoms with E-state index in [4.69, 9.17) is 0 Å². The van der Waals surface area contributed by atoms with E-state index in [1.807, 2.05) is 6.07 Å². The zero-order chi connectivity index (χ0) is 11.4. The standard InChI is InChI=1S/C10H11N3O2S/c14-13(15)9-3-1-2-8(6-9)7-12-10-11-4-5-16-10/h1-3,6H,4-5,7H2,(H,11,12). The average Bonchev–Trinajstić information content (AvgIpc) is 2.79. The molecule has 0 aromatic heterocycles. The van der Waals surface area contributed by atoms with E-state index in [1.54, 1.807) is 23.9 Å². The van der Waals surface area contributed by atoms with E-state index in [-0.39, 0.29) is 10.6 Å². The smallest absolute Gasteiger partial charge is 0.269 e. The van der Waals surface area contributed by atoms with Crippen molar-refractivity contribution in [3.8, 4) is 0 Å². The summed E-state index contributed by atoms with van der Waals surface area (Å²) in [5, 5.41) is 14.6. The van der Waals surface area contributed by atoms with Gasteiger partial charge in [0.15, 0.2) is 5.17 Å². The van der Waals surface area contributed by atoms with Crippen molar-refractivity contribution < 1.29 is 4.92 Å². The van der Waals surface area contributed by atoms with Crippen molar-refractivity contribution in [2.24, 2.45) is 4.99 Å². The van der Waals surface area contributed by atoms with E-state index >= 15 is 0 Å². The minimum atomic E-state index is -0.384. The second-order valence-electron chi connectivity index (χ2n) is 3.32. The number of non-ortho nitro benzene ring substituents is 1. The highest BCUT2D eigenvalue weighted by Gasteiger charge is 2.08. The molecule has 0 unspecified atom stereocenters. The molecule has 1 aliphatic rings. The van der Waals surface area contributed by atoms with Crippen LogP contribution in [0.25, 0.3) is 0 Å². The van der Waals surface area contributed by atoms with Crippen molar-refractivity contribution >= 4 is 22.6 Å². The highest BCUT2D eigenvalue weighted by atomic mass is 32.2. The summed E-state index contributed by atoms with van der Waals surface area (Å²) in [5.41, 5.74) is 1.02. The summed E-state index contributed by atoms with van der Waals surface area (Å²) in [6.07, 6.45) is 0. The van der Waals surface area contributed by atoms with E-state index < -0.39 is 0 Å². The number of benzene rings is 1. The number of nitro benzene ring substituents is 1. The zero-order valence-corrected chi connectivity index (χ0v) is 9.37. The third-order valence-electron chi connectivity index (χ3n) is 2.15. The topological polar surface area (TPSA) is 67.5 Å². The van der Waals surface area contributed by atoms with Gasteiger partial charge in [-0.3, -0.25) is 15.1 Å². The van der Waals surface area contributed by atoms with Gasteiger partial charge in [0, 0.05) is 24.4 Å². The molecule has 0 amide bonds. The number of amidine groups is 1. The van der Waals surface area contributed by atoms with Gasteiger partial charge in [-0.15, -0.1) is 0 Å². The number of aliphatic imine (C=N–C) groups is 1. The molecule has 0 atom stereocenters. The molecule has 16 heavy (non-hydrogen) atoms. The highest BCUT2D eigenvalue weighted by molar-refractivity contribution is 8.14. The number of nitrogens with one attached hydrogen (secondary N) is 1. The summed E-state index contributed by atoms with van der Waals surface area (Å²) in [6, 6.07) is 6.62. The summed E-state index contributed by atoms with van der Waals surface area (Å²) in [7, 11) is 0. The Kier molecular flexibility index (Phi) is 3.40. The highest BCUT2D eigenvalue weighted by Crippen LogP contribution is 2.14. The third-order valence-corrected chi connectivity index (χ3v) is 3.08. The Morgan fingerprint density at radius 1 is 1.56 bits per heavy atom. The fourth-order valence-electron chi connectivity index (χ4n) is 1.40. The first-order valence-corrected chi connectivity index (χ1v) is 5.89. The van der Waals surface area contributed by atoms with Gasteiger partial charge >= 0.3 is 0 Å². The molecule has 0 bridgehead atoms. The van der Waals surface area contributed by atoms with Crippen LogP contribution >= 0.6 is 11.8 Å². The molecule has 1 aromatic rings. The molecular formula is C10H11N3O2S. The van der Waals surface area contributed by atoms with Crippen LogP contribution in [0.2, 0.25) is 0 Å². The molecule has 1 heterocycles. The maximum absolute atomic E-state index is 10.6. The molecule has 0 saturated heterocycles. The maximum atomic E-state index is 10.6. The van der Waals surface area contributed by atoms with Crippen LogP contribution in [0.4, 0.5) is 5.69 Å². The van der Waals surface area contributed by atoms with Gasteiger partial charge in [-0.05, 0) is 5.56 Å². The second-order valence-corrected chi connectivity index (χ2v) is 4.40. The van der Waals surface area contributed by atoms with Gasteiger partial charge in [0.1, 0.15) is 0 Å². The summed E-state index contributed by atoms with van der Waals surface area (Å²) >= 11 is 1.68. The van der Waals surface area contributed by atoms with Crippen molar-refractivity contribution in [1.82, 2.24) is 5.32 Å². The van der Waals surface area contributed by atoms with E-state index in [0.717, 1.165) is 23.0 Å². The lowest BCUT2D eigenvalue weighted by Crippen LogP contribution is -2.18. The Hall–Kier alpha value is -1.56. The molecule has 0 spiro atoms. The van der Waals surface area contributed by atoms with Gasteiger partial charge in [-0.2, -0.15) is 0 Å². The van der Waals surface area contributed by atoms with Crippen molar-refractivity contribution in [1.29, 1.82) is 0 Å². The summed E-state index contributed by atoms with van der Waals surface area (Å²) in [6.45, 7) is 1.43. The number of nitrogens with zero attached hydrogens (tertiary/aromatic N) is 2. The van der Waals surface area contributed by atoms with Crippen molar-refractivity contribution in [3.05, 3.63) is 39.9 Å². The maximum Gasteiger partial charge on any atom is 0.269 e. The van der Waals surface area contributed by atoms with Crippen LogP contribution in [0, 0.1) is 10.1 Å². The van der Waals surface area contributed by atoms with Gasteiger partial charge in [-0.25, -0.2) is 0 Å². The first kappa shape index (κ1) is 10.9. The van der Waals surface area contributed by atoms with E-state index in [9.17, 15) is 10.1 Å². The predicted molar refractivity (Wildman–Crippen MR) is 64.7 cm³/mol. The van der Waals surface area contributed by atoms with E-state index in [2.05, 4.69) is 10.3 Å². The van der Waals surface area contributed by atoms with Crippen LogP contribution < -0.4 is 5.32 Å². The second kappa shape index (κ2) is 4.98. The molecular weight excluding hydrogens is 226 g/mol.